The number of fused-ring (bicyclic) bond motifs is 1. The van der Waals surface area contributed by atoms with Gasteiger partial charge in [-0.3, -0.25) is 14.4 Å². The Morgan fingerprint density at radius 1 is 1.33 bits per heavy atom. The highest BCUT2D eigenvalue weighted by Gasteiger charge is 2.80. The molecule has 1 spiro atoms. The van der Waals surface area contributed by atoms with Crippen molar-refractivity contribution in [1.82, 2.24) is 9.80 Å². The number of aliphatic hydroxyl groups excluding tert-OH is 1. The lowest BCUT2D eigenvalue weighted by molar-refractivity contribution is -0.164. The summed E-state index contributed by atoms with van der Waals surface area (Å²) in [6.45, 7) is 17.9. The van der Waals surface area contributed by atoms with Gasteiger partial charge in [-0.25, -0.2) is 0 Å². The van der Waals surface area contributed by atoms with Crippen molar-refractivity contribution in [3.05, 3.63) is 12.7 Å². The van der Waals surface area contributed by atoms with Gasteiger partial charge in [0.15, 0.2) is 0 Å². The molecule has 36 heavy (non-hydrogen) atoms. The van der Waals surface area contributed by atoms with E-state index in [0.29, 0.717) is 19.4 Å². The summed E-state index contributed by atoms with van der Waals surface area (Å²) in [4.78, 5) is 45.3. The van der Waals surface area contributed by atoms with Crippen molar-refractivity contribution in [2.75, 3.05) is 19.8 Å². The second kappa shape index (κ2) is 10.8. The monoisotopic (exact) mass is 506 g/mol. The summed E-state index contributed by atoms with van der Waals surface area (Å²) >= 11 is 0. The molecule has 1 N–H and O–H groups in total. The number of carbonyl (C=O) groups excluding carboxylic acids is 3. The zero-order valence-electron chi connectivity index (χ0n) is 23.2. The molecule has 8 atom stereocenters. The normalized spacial score (nSPS) is 34.6. The average Bonchev–Trinajstić information content (AvgIpc) is 3.32. The SMILES string of the molecule is C=CCN(C(=O)C1N([C@@H](CO)CC(C)C)C(=O)[C@@H]2[C@H](C(=O)OCC)[C@@]3(C)OC12CC3C)C(C)CCC. The molecule has 0 aromatic rings. The fraction of sp³-hybridized carbons (Fsp3) is 0.821. The number of aliphatic hydroxyl groups is 1. The first-order valence-corrected chi connectivity index (χ1v) is 13.7. The molecule has 3 heterocycles. The van der Waals surface area contributed by atoms with E-state index in [2.05, 4.69) is 13.5 Å². The molecule has 0 aromatic carbocycles. The van der Waals surface area contributed by atoms with Crippen LogP contribution in [0.25, 0.3) is 0 Å². The molecule has 0 aromatic heterocycles. The molecule has 0 aliphatic carbocycles. The number of hydrogen-bond acceptors (Lipinski definition) is 6. The highest BCUT2D eigenvalue weighted by Crippen LogP contribution is 2.65. The van der Waals surface area contributed by atoms with Gasteiger partial charge >= 0.3 is 5.97 Å². The van der Waals surface area contributed by atoms with Crippen LogP contribution >= 0.6 is 0 Å². The van der Waals surface area contributed by atoms with Crippen LogP contribution < -0.4 is 0 Å². The standard InChI is InChI=1S/C28H46N2O6/c1-9-12-19(7)29(13-10-2)25(33)23-28-15-18(6)27(8,36-28)22(26(34)35-11-3)21(28)24(32)30(23)20(16-31)14-17(4)5/h10,17-23,31H,2,9,11-16H2,1,3-8H3/t18?,19?,20-,21+,22-,23?,27+,28?/m1/s1. The maximum Gasteiger partial charge on any atom is 0.312 e. The van der Waals surface area contributed by atoms with Crippen molar-refractivity contribution in [3.63, 3.8) is 0 Å². The number of likely N-dealkylation sites (tertiary alicyclic amines) is 1. The van der Waals surface area contributed by atoms with Gasteiger partial charge in [-0.15, -0.1) is 6.58 Å². The van der Waals surface area contributed by atoms with E-state index in [1.807, 2.05) is 34.6 Å². The molecule has 3 rings (SSSR count). The van der Waals surface area contributed by atoms with Gasteiger partial charge in [-0.2, -0.15) is 0 Å². The summed E-state index contributed by atoms with van der Waals surface area (Å²) in [5.74, 6) is -2.41. The van der Waals surface area contributed by atoms with E-state index in [4.69, 9.17) is 9.47 Å². The van der Waals surface area contributed by atoms with Gasteiger partial charge in [0, 0.05) is 12.6 Å². The van der Waals surface area contributed by atoms with Crippen LogP contribution in [0.4, 0.5) is 0 Å². The zero-order valence-corrected chi connectivity index (χ0v) is 23.2. The van der Waals surface area contributed by atoms with E-state index in [9.17, 15) is 19.5 Å². The van der Waals surface area contributed by atoms with Crippen molar-refractivity contribution in [3.8, 4) is 0 Å². The van der Waals surface area contributed by atoms with Crippen LogP contribution in [-0.4, -0.2) is 81.8 Å². The quantitative estimate of drug-likeness (QED) is 0.323. The molecule has 204 valence electrons. The molecule has 2 bridgehead atoms. The van der Waals surface area contributed by atoms with Crippen LogP contribution in [0.15, 0.2) is 12.7 Å². The minimum Gasteiger partial charge on any atom is -0.466 e. The highest BCUT2D eigenvalue weighted by atomic mass is 16.6. The summed E-state index contributed by atoms with van der Waals surface area (Å²) in [6, 6.07) is -1.53. The third kappa shape index (κ3) is 4.38. The van der Waals surface area contributed by atoms with Crippen LogP contribution in [0.2, 0.25) is 0 Å². The molecular weight excluding hydrogens is 460 g/mol. The minimum absolute atomic E-state index is 0.0511. The Kier molecular flexibility index (Phi) is 8.61. The zero-order chi connectivity index (χ0) is 27.0. The topological polar surface area (TPSA) is 96.4 Å². The first-order valence-electron chi connectivity index (χ1n) is 13.7. The van der Waals surface area contributed by atoms with Crippen molar-refractivity contribution >= 4 is 17.8 Å². The predicted octanol–water partition coefficient (Wildman–Crippen LogP) is 3.17. The van der Waals surface area contributed by atoms with Crippen molar-refractivity contribution < 1.29 is 29.0 Å². The Morgan fingerprint density at radius 3 is 2.53 bits per heavy atom. The summed E-state index contributed by atoms with van der Waals surface area (Å²) < 4.78 is 12.2. The van der Waals surface area contributed by atoms with Gasteiger partial charge in [-0.05, 0) is 51.9 Å². The molecular formula is C28H46N2O6. The molecule has 0 saturated carbocycles. The molecule has 2 amide bonds. The maximum atomic E-state index is 14.5. The summed E-state index contributed by atoms with van der Waals surface area (Å²) in [5.41, 5.74) is -2.04. The lowest BCUT2D eigenvalue weighted by atomic mass is 9.62. The van der Waals surface area contributed by atoms with Gasteiger partial charge in [0.05, 0.1) is 30.8 Å². The minimum atomic E-state index is -1.14. The third-order valence-corrected chi connectivity index (χ3v) is 8.72. The number of hydrogen-bond donors (Lipinski definition) is 1. The molecule has 8 nitrogen and oxygen atoms in total. The van der Waals surface area contributed by atoms with Crippen LogP contribution in [0.3, 0.4) is 0 Å². The van der Waals surface area contributed by atoms with E-state index in [1.54, 1.807) is 22.8 Å². The Bertz CT molecular complexity index is 861. The lowest BCUT2D eigenvalue weighted by Crippen LogP contribution is -2.60. The molecule has 0 radical (unpaired) electrons. The van der Waals surface area contributed by atoms with Crippen LogP contribution in [-0.2, 0) is 23.9 Å². The molecule has 3 aliphatic heterocycles. The third-order valence-electron chi connectivity index (χ3n) is 8.72. The molecule has 8 heteroatoms. The van der Waals surface area contributed by atoms with Crippen LogP contribution in [0, 0.1) is 23.7 Å². The molecule has 4 unspecified atom stereocenters. The van der Waals surface area contributed by atoms with E-state index in [1.165, 1.54) is 0 Å². The second-order valence-electron chi connectivity index (χ2n) is 11.6. The van der Waals surface area contributed by atoms with E-state index >= 15 is 0 Å². The van der Waals surface area contributed by atoms with Gasteiger partial charge in [-0.1, -0.05) is 40.2 Å². The Labute approximate surface area is 216 Å². The first kappa shape index (κ1) is 28.6. The fourth-order valence-corrected chi connectivity index (χ4v) is 7.12. The smallest absolute Gasteiger partial charge is 0.312 e. The number of rotatable bonds is 12. The average molecular weight is 507 g/mol. The molecule has 3 aliphatic rings. The van der Waals surface area contributed by atoms with Gasteiger partial charge in [0.1, 0.15) is 17.6 Å². The van der Waals surface area contributed by atoms with E-state index in [-0.39, 0.29) is 42.9 Å². The van der Waals surface area contributed by atoms with E-state index in [0.717, 1.165) is 12.8 Å². The predicted molar refractivity (Wildman–Crippen MR) is 137 cm³/mol. The number of ether oxygens (including phenoxy) is 2. The summed E-state index contributed by atoms with van der Waals surface area (Å²) in [5, 5.41) is 10.4. The Morgan fingerprint density at radius 2 is 2.00 bits per heavy atom. The second-order valence-corrected chi connectivity index (χ2v) is 11.6. The molecule has 3 fully saturated rings. The summed E-state index contributed by atoms with van der Waals surface area (Å²) in [6.07, 6.45) is 4.46. The van der Waals surface area contributed by atoms with E-state index < -0.39 is 41.1 Å². The number of amides is 2. The largest absolute Gasteiger partial charge is 0.466 e. The Hall–Kier alpha value is -1.93. The maximum absolute atomic E-state index is 14.5. The number of carbonyl (C=O) groups is 3. The highest BCUT2D eigenvalue weighted by molar-refractivity contribution is 5.99. The van der Waals surface area contributed by atoms with Crippen LogP contribution in [0.5, 0.6) is 0 Å². The lowest BCUT2D eigenvalue weighted by Gasteiger charge is -2.41. The van der Waals surface area contributed by atoms with Crippen molar-refractivity contribution in [1.29, 1.82) is 0 Å². The molecule has 3 saturated heterocycles. The first-order chi connectivity index (χ1) is 16.9. The van der Waals surface area contributed by atoms with Gasteiger partial charge < -0.3 is 24.4 Å². The number of esters is 1. The van der Waals surface area contributed by atoms with Crippen LogP contribution in [0.1, 0.15) is 74.1 Å². The van der Waals surface area contributed by atoms with Gasteiger partial charge in [0.2, 0.25) is 11.8 Å². The van der Waals surface area contributed by atoms with Crippen molar-refractivity contribution in [2.45, 2.75) is 103 Å². The number of nitrogens with zero attached hydrogens (tertiary/aromatic N) is 2. The van der Waals surface area contributed by atoms with Gasteiger partial charge in [0.25, 0.3) is 0 Å². The Balaban J connectivity index is 2.18. The fourth-order valence-electron chi connectivity index (χ4n) is 7.12. The van der Waals surface area contributed by atoms with Crippen molar-refractivity contribution in [2.24, 2.45) is 23.7 Å². The summed E-state index contributed by atoms with van der Waals surface area (Å²) in [7, 11) is 0.